The van der Waals surface area contributed by atoms with Gasteiger partial charge in [0.2, 0.25) is 0 Å². The van der Waals surface area contributed by atoms with Gasteiger partial charge in [-0.15, -0.1) is 0 Å². The summed E-state index contributed by atoms with van der Waals surface area (Å²) in [4.78, 5) is 13.8. The Labute approximate surface area is 103 Å². The van der Waals surface area contributed by atoms with E-state index >= 15 is 0 Å². The zero-order valence-corrected chi connectivity index (χ0v) is 10.7. The fraction of sp³-hybridized carbons (Fsp3) is 0.923. The van der Waals surface area contributed by atoms with Gasteiger partial charge in [0.05, 0.1) is 7.11 Å². The molecular formula is C13H24N2O2. The molecule has 0 spiro atoms. The van der Waals surface area contributed by atoms with Crippen molar-refractivity contribution in [2.45, 2.75) is 38.1 Å². The molecule has 0 aromatic heterocycles. The van der Waals surface area contributed by atoms with Crippen LogP contribution in [0.2, 0.25) is 0 Å². The van der Waals surface area contributed by atoms with Gasteiger partial charge in [0.15, 0.2) is 0 Å². The number of hydrogen-bond acceptors (Lipinski definition) is 4. The molecule has 2 aliphatic rings. The number of nitrogens with two attached hydrogens (primary N) is 1. The highest BCUT2D eigenvalue weighted by Gasteiger charge is 2.29. The Morgan fingerprint density at radius 2 is 2.12 bits per heavy atom. The Balaban J connectivity index is 1.80. The van der Waals surface area contributed by atoms with Crippen molar-refractivity contribution in [2.24, 2.45) is 17.6 Å². The maximum Gasteiger partial charge on any atom is 0.305 e. The summed E-state index contributed by atoms with van der Waals surface area (Å²) in [6, 6.07) is 0.221. The van der Waals surface area contributed by atoms with Gasteiger partial charge in [-0.2, -0.15) is 0 Å². The molecule has 2 rings (SSSR count). The lowest BCUT2D eigenvalue weighted by atomic mass is 9.83. The number of rotatable bonds is 4. The smallest absolute Gasteiger partial charge is 0.305 e. The second-order valence-corrected chi connectivity index (χ2v) is 5.66. The third-order valence-electron chi connectivity index (χ3n) is 4.07. The summed E-state index contributed by atoms with van der Waals surface area (Å²) in [5.41, 5.74) is 6.07. The van der Waals surface area contributed by atoms with E-state index < -0.39 is 0 Å². The van der Waals surface area contributed by atoms with Crippen LogP contribution in [0.15, 0.2) is 0 Å². The Hall–Kier alpha value is -0.610. The number of methoxy groups -OCH3 is 1. The van der Waals surface area contributed by atoms with Gasteiger partial charge in [0.1, 0.15) is 0 Å². The minimum Gasteiger partial charge on any atom is -0.469 e. The average molecular weight is 240 g/mol. The van der Waals surface area contributed by atoms with E-state index in [1.165, 1.54) is 32.9 Å². The largest absolute Gasteiger partial charge is 0.469 e. The lowest BCUT2D eigenvalue weighted by Gasteiger charge is -2.39. The number of ether oxygens (including phenoxy) is 1. The van der Waals surface area contributed by atoms with Gasteiger partial charge in [-0.05, 0) is 31.1 Å². The summed E-state index contributed by atoms with van der Waals surface area (Å²) in [5, 5.41) is 0. The first-order chi connectivity index (χ1) is 8.17. The van der Waals surface area contributed by atoms with Crippen LogP contribution < -0.4 is 5.73 Å². The van der Waals surface area contributed by atoms with Crippen molar-refractivity contribution < 1.29 is 9.53 Å². The van der Waals surface area contributed by atoms with Crippen LogP contribution >= 0.6 is 0 Å². The molecule has 0 bridgehead atoms. The first kappa shape index (κ1) is 12.8. The minimum absolute atomic E-state index is 0.104. The number of nitrogens with zero attached hydrogens (tertiary/aromatic N) is 1. The fourth-order valence-electron chi connectivity index (χ4n) is 3.01. The number of carbonyl (C=O) groups excluding carboxylic acids is 1. The lowest BCUT2D eigenvalue weighted by Crippen LogP contribution is -2.49. The number of likely N-dealkylation sites (tertiary alicyclic amines) is 1. The van der Waals surface area contributed by atoms with Crippen LogP contribution in [-0.4, -0.2) is 43.7 Å². The maximum absolute atomic E-state index is 11.3. The van der Waals surface area contributed by atoms with Crippen LogP contribution in [0.25, 0.3) is 0 Å². The van der Waals surface area contributed by atoms with E-state index in [2.05, 4.69) is 4.90 Å². The Kier molecular flexibility index (Phi) is 4.40. The summed E-state index contributed by atoms with van der Waals surface area (Å²) in [6.07, 6.45) is 5.60. The first-order valence-corrected chi connectivity index (χ1v) is 6.72. The van der Waals surface area contributed by atoms with Gasteiger partial charge >= 0.3 is 5.97 Å². The SMILES string of the molecule is COC(=O)CC1CC(N)CN(CC2CCC2)C1. The standard InChI is InChI=1S/C13H24N2O2/c1-17-13(16)6-11-5-12(14)9-15(8-11)7-10-3-2-4-10/h10-12H,2-9,14H2,1H3. The van der Waals surface area contributed by atoms with Crippen LogP contribution in [0.5, 0.6) is 0 Å². The van der Waals surface area contributed by atoms with Crippen LogP contribution in [0.4, 0.5) is 0 Å². The molecule has 4 nitrogen and oxygen atoms in total. The van der Waals surface area contributed by atoms with Crippen LogP contribution in [0.1, 0.15) is 32.1 Å². The van der Waals surface area contributed by atoms with Gasteiger partial charge in [0.25, 0.3) is 0 Å². The van der Waals surface area contributed by atoms with Crippen molar-refractivity contribution >= 4 is 5.97 Å². The summed E-state index contributed by atoms with van der Waals surface area (Å²) < 4.78 is 4.74. The molecule has 2 atom stereocenters. The van der Waals surface area contributed by atoms with Crippen LogP contribution in [-0.2, 0) is 9.53 Å². The Bertz CT molecular complexity index is 266. The zero-order chi connectivity index (χ0) is 12.3. The highest BCUT2D eigenvalue weighted by Crippen LogP contribution is 2.29. The monoisotopic (exact) mass is 240 g/mol. The van der Waals surface area contributed by atoms with Gasteiger partial charge in [-0.25, -0.2) is 0 Å². The van der Waals surface area contributed by atoms with Gasteiger partial charge in [-0.1, -0.05) is 6.42 Å². The van der Waals surface area contributed by atoms with E-state index in [-0.39, 0.29) is 12.0 Å². The van der Waals surface area contributed by atoms with E-state index in [0.29, 0.717) is 12.3 Å². The third-order valence-corrected chi connectivity index (χ3v) is 4.07. The molecule has 1 aliphatic carbocycles. The molecule has 1 saturated heterocycles. The highest BCUT2D eigenvalue weighted by atomic mass is 16.5. The highest BCUT2D eigenvalue weighted by molar-refractivity contribution is 5.69. The molecule has 98 valence electrons. The molecule has 2 fully saturated rings. The predicted octanol–water partition coefficient (Wildman–Crippen LogP) is 0.999. The molecule has 1 aliphatic heterocycles. The van der Waals surface area contributed by atoms with Crippen molar-refractivity contribution in [3.05, 3.63) is 0 Å². The lowest BCUT2D eigenvalue weighted by molar-refractivity contribution is -0.142. The molecule has 0 radical (unpaired) electrons. The van der Waals surface area contributed by atoms with Crippen molar-refractivity contribution in [3.8, 4) is 0 Å². The van der Waals surface area contributed by atoms with Crippen molar-refractivity contribution in [2.75, 3.05) is 26.7 Å². The second-order valence-electron chi connectivity index (χ2n) is 5.66. The van der Waals surface area contributed by atoms with Gasteiger partial charge in [-0.3, -0.25) is 4.79 Å². The molecular weight excluding hydrogens is 216 g/mol. The molecule has 0 amide bonds. The zero-order valence-electron chi connectivity index (χ0n) is 10.7. The van der Waals surface area contributed by atoms with Crippen molar-refractivity contribution in [3.63, 3.8) is 0 Å². The number of piperidine rings is 1. The van der Waals surface area contributed by atoms with Crippen LogP contribution in [0, 0.1) is 11.8 Å². The molecule has 2 N–H and O–H groups in total. The van der Waals surface area contributed by atoms with E-state index in [4.69, 9.17) is 10.5 Å². The van der Waals surface area contributed by atoms with E-state index in [9.17, 15) is 4.79 Å². The normalized spacial score (nSPS) is 30.9. The fourth-order valence-corrected chi connectivity index (χ4v) is 3.01. The Morgan fingerprint density at radius 3 is 2.71 bits per heavy atom. The number of esters is 1. The number of carbonyl (C=O) groups is 1. The predicted molar refractivity (Wildman–Crippen MR) is 66.5 cm³/mol. The summed E-state index contributed by atoms with van der Waals surface area (Å²) in [5.74, 6) is 1.15. The Morgan fingerprint density at radius 1 is 1.35 bits per heavy atom. The van der Waals surface area contributed by atoms with Gasteiger partial charge in [0, 0.05) is 32.1 Å². The molecule has 2 unspecified atom stereocenters. The van der Waals surface area contributed by atoms with E-state index in [1.807, 2.05) is 0 Å². The van der Waals surface area contributed by atoms with Crippen LogP contribution in [0.3, 0.4) is 0 Å². The van der Waals surface area contributed by atoms with Crippen molar-refractivity contribution in [1.29, 1.82) is 0 Å². The topological polar surface area (TPSA) is 55.6 Å². The third kappa shape index (κ3) is 3.68. The molecule has 4 heteroatoms. The molecule has 1 heterocycles. The average Bonchev–Trinajstić information content (AvgIpc) is 2.22. The van der Waals surface area contributed by atoms with E-state index in [0.717, 1.165) is 25.4 Å². The minimum atomic E-state index is -0.104. The van der Waals surface area contributed by atoms with Gasteiger partial charge < -0.3 is 15.4 Å². The molecule has 1 saturated carbocycles. The summed E-state index contributed by atoms with van der Waals surface area (Å²) in [7, 11) is 1.46. The summed E-state index contributed by atoms with van der Waals surface area (Å²) >= 11 is 0. The molecule has 0 aromatic carbocycles. The maximum atomic E-state index is 11.3. The molecule has 0 aromatic rings. The van der Waals surface area contributed by atoms with E-state index in [1.54, 1.807) is 0 Å². The molecule has 17 heavy (non-hydrogen) atoms. The quantitative estimate of drug-likeness (QED) is 0.745. The second kappa shape index (κ2) is 5.83. The summed E-state index contributed by atoms with van der Waals surface area (Å²) in [6.45, 7) is 3.18. The first-order valence-electron chi connectivity index (χ1n) is 6.72. The van der Waals surface area contributed by atoms with Crippen molar-refractivity contribution in [1.82, 2.24) is 4.90 Å². The number of hydrogen-bond donors (Lipinski definition) is 1.